The maximum Gasteiger partial charge on any atom is 0.277 e. The lowest BCUT2D eigenvalue weighted by atomic mass is 10.1. The summed E-state index contributed by atoms with van der Waals surface area (Å²) < 4.78 is 7.68. The lowest BCUT2D eigenvalue weighted by molar-refractivity contribution is 0.102. The van der Waals surface area contributed by atoms with Crippen molar-refractivity contribution in [3.63, 3.8) is 0 Å². The minimum atomic E-state index is -0.272. The fraction of sp³-hybridized carbons (Fsp3) is 0.304. The van der Waals surface area contributed by atoms with Gasteiger partial charge in [-0.15, -0.1) is 12.4 Å². The first kappa shape index (κ1) is 19.8. The summed E-state index contributed by atoms with van der Waals surface area (Å²) in [6.45, 7) is 1.90. The highest BCUT2D eigenvalue weighted by atomic mass is 35.5. The quantitative estimate of drug-likeness (QED) is 0.460. The number of halogens is 1. The number of nitrogens with zero attached hydrogens (tertiary/aromatic N) is 4. The van der Waals surface area contributed by atoms with Gasteiger partial charge in [0.1, 0.15) is 6.26 Å². The van der Waals surface area contributed by atoms with Gasteiger partial charge in [0.15, 0.2) is 5.69 Å². The summed E-state index contributed by atoms with van der Waals surface area (Å²) in [7, 11) is 0. The molecule has 0 bridgehead atoms. The molecule has 0 radical (unpaired) electrons. The summed E-state index contributed by atoms with van der Waals surface area (Å²) in [6.07, 6.45) is 9.69. The normalized spacial score (nSPS) is 15.6. The zero-order valence-electron chi connectivity index (χ0n) is 17.0. The molecule has 0 atom stereocenters. The summed E-state index contributed by atoms with van der Waals surface area (Å²) in [5.41, 5.74) is 5.12. The van der Waals surface area contributed by atoms with Crippen molar-refractivity contribution in [2.75, 3.05) is 5.32 Å². The van der Waals surface area contributed by atoms with Crippen LogP contribution in [0.2, 0.25) is 0 Å². The predicted octanol–water partition coefficient (Wildman–Crippen LogP) is 5.28. The Balaban J connectivity index is 0.00000204. The number of amides is 1. The van der Waals surface area contributed by atoms with Crippen LogP contribution in [-0.2, 0) is 0 Å². The zero-order valence-corrected chi connectivity index (χ0v) is 17.9. The molecule has 2 aliphatic rings. The Morgan fingerprint density at radius 3 is 2.77 bits per heavy atom. The third-order valence-electron chi connectivity index (χ3n) is 5.81. The second-order valence-corrected chi connectivity index (χ2v) is 8.27. The van der Waals surface area contributed by atoms with Gasteiger partial charge in [0.25, 0.3) is 5.91 Å². The molecule has 3 aromatic heterocycles. The van der Waals surface area contributed by atoms with Gasteiger partial charge < -0.3 is 9.73 Å². The molecule has 0 saturated heterocycles. The molecule has 3 heterocycles. The molecular weight excluding hydrogens is 414 g/mol. The minimum absolute atomic E-state index is 0. The highest BCUT2D eigenvalue weighted by Gasteiger charge is 2.30. The number of nitrogens with one attached hydrogen (secondary N) is 1. The second-order valence-electron chi connectivity index (χ2n) is 8.27. The third-order valence-corrected chi connectivity index (χ3v) is 5.81. The van der Waals surface area contributed by atoms with Crippen molar-refractivity contribution in [3.05, 3.63) is 59.9 Å². The summed E-state index contributed by atoms with van der Waals surface area (Å²) in [6, 6.07) is 8.48. The molecule has 0 aliphatic heterocycles. The van der Waals surface area contributed by atoms with E-state index in [4.69, 9.17) is 4.42 Å². The molecule has 2 fully saturated rings. The molecule has 158 valence electrons. The summed E-state index contributed by atoms with van der Waals surface area (Å²) in [4.78, 5) is 21.5. The Bertz CT molecular complexity index is 1290. The highest BCUT2D eigenvalue weighted by molar-refractivity contribution is 6.04. The second kappa shape index (κ2) is 7.50. The average Bonchev–Trinajstić information content (AvgIpc) is 3.67. The lowest BCUT2D eigenvalue weighted by Crippen LogP contribution is -2.13. The maximum absolute atomic E-state index is 12.9. The van der Waals surface area contributed by atoms with Crippen molar-refractivity contribution in [1.82, 2.24) is 19.7 Å². The summed E-state index contributed by atoms with van der Waals surface area (Å²) in [5.74, 6) is 0.640. The van der Waals surface area contributed by atoms with E-state index in [-0.39, 0.29) is 24.0 Å². The first-order valence-electron chi connectivity index (χ1n) is 10.4. The van der Waals surface area contributed by atoms with Gasteiger partial charge in [-0.05, 0) is 68.4 Å². The van der Waals surface area contributed by atoms with Crippen molar-refractivity contribution in [3.8, 4) is 11.5 Å². The molecule has 1 aromatic carbocycles. The number of benzene rings is 1. The van der Waals surface area contributed by atoms with Crippen molar-refractivity contribution in [2.24, 2.45) is 0 Å². The number of fused-ring (bicyclic) bond motifs is 1. The molecule has 4 aromatic rings. The molecule has 31 heavy (non-hydrogen) atoms. The van der Waals surface area contributed by atoms with Crippen molar-refractivity contribution in [1.29, 1.82) is 0 Å². The largest absolute Gasteiger partial charge is 0.444 e. The Morgan fingerprint density at radius 1 is 1.19 bits per heavy atom. The molecule has 1 N–H and O–H groups in total. The molecular formula is C23H22ClN5O2. The van der Waals surface area contributed by atoms with Crippen molar-refractivity contribution in [2.45, 2.75) is 44.6 Å². The van der Waals surface area contributed by atoms with E-state index in [2.05, 4.69) is 31.1 Å². The number of pyridine rings is 1. The predicted molar refractivity (Wildman–Crippen MR) is 120 cm³/mol. The van der Waals surface area contributed by atoms with E-state index in [1.165, 1.54) is 24.7 Å². The van der Waals surface area contributed by atoms with Gasteiger partial charge >= 0.3 is 0 Å². The van der Waals surface area contributed by atoms with E-state index < -0.39 is 0 Å². The Morgan fingerprint density at radius 2 is 2.03 bits per heavy atom. The number of hydrogen-bond acceptors (Lipinski definition) is 5. The van der Waals surface area contributed by atoms with Crippen LogP contribution in [0.15, 0.2) is 47.3 Å². The molecule has 1 amide bonds. The Labute approximate surface area is 185 Å². The number of oxazole rings is 1. The molecule has 2 saturated carbocycles. The van der Waals surface area contributed by atoms with Gasteiger partial charge in [0.05, 0.1) is 17.8 Å². The smallest absolute Gasteiger partial charge is 0.277 e. The van der Waals surface area contributed by atoms with Gasteiger partial charge in [-0.25, -0.2) is 4.98 Å². The molecule has 0 unspecified atom stereocenters. The van der Waals surface area contributed by atoms with E-state index in [0.717, 1.165) is 40.7 Å². The van der Waals surface area contributed by atoms with E-state index >= 15 is 0 Å². The van der Waals surface area contributed by atoms with E-state index in [1.54, 1.807) is 6.20 Å². The van der Waals surface area contributed by atoms with Gasteiger partial charge in [0, 0.05) is 28.5 Å². The van der Waals surface area contributed by atoms with E-state index in [9.17, 15) is 4.79 Å². The number of rotatable bonds is 5. The number of aromatic nitrogens is 4. The average molecular weight is 436 g/mol. The fourth-order valence-electron chi connectivity index (χ4n) is 3.94. The number of aryl methyl sites for hydroxylation is 1. The van der Waals surface area contributed by atoms with Crippen LogP contribution in [0.5, 0.6) is 0 Å². The zero-order chi connectivity index (χ0) is 20.2. The summed E-state index contributed by atoms with van der Waals surface area (Å²) >= 11 is 0. The SMILES string of the molecule is Cc1cc(-c2nc(C(=O)Nc3cc4cnn(C5CC5)c4cc3C3CC3)co2)ccn1.Cl. The van der Waals surface area contributed by atoms with Crippen molar-refractivity contribution < 1.29 is 9.21 Å². The van der Waals surface area contributed by atoms with Crippen LogP contribution in [0.1, 0.15) is 59.4 Å². The molecule has 0 spiro atoms. The van der Waals surface area contributed by atoms with Gasteiger partial charge in [0.2, 0.25) is 5.89 Å². The van der Waals surface area contributed by atoms with E-state index in [1.807, 2.05) is 31.3 Å². The molecule has 7 nitrogen and oxygen atoms in total. The third kappa shape index (κ3) is 3.70. The van der Waals surface area contributed by atoms with Crippen LogP contribution in [0.25, 0.3) is 22.4 Å². The molecule has 2 aliphatic carbocycles. The molecule has 6 rings (SSSR count). The van der Waals surface area contributed by atoms with Crippen LogP contribution in [0.3, 0.4) is 0 Å². The van der Waals surface area contributed by atoms with Crippen LogP contribution in [0.4, 0.5) is 5.69 Å². The first-order chi connectivity index (χ1) is 14.7. The van der Waals surface area contributed by atoms with Crippen LogP contribution < -0.4 is 5.32 Å². The number of hydrogen-bond donors (Lipinski definition) is 1. The Hall–Kier alpha value is -3.19. The Kier molecular flexibility index (Phi) is 4.78. The number of anilines is 1. The molecule has 8 heteroatoms. The maximum atomic E-state index is 12.9. The topological polar surface area (TPSA) is 85.8 Å². The highest BCUT2D eigenvalue weighted by Crippen LogP contribution is 2.46. The summed E-state index contributed by atoms with van der Waals surface area (Å²) in [5, 5.41) is 8.68. The van der Waals surface area contributed by atoms with Crippen LogP contribution >= 0.6 is 12.4 Å². The monoisotopic (exact) mass is 435 g/mol. The fourth-order valence-corrected chi connectivity index (χ4v) is 3.94. The standard InChI is InChI=1S/C23H21N5O2.ClH/c1-13-8-15(6-7-24-13)23-27-20(12-30-23)22(29)26-19-9-16-11-25-28(17-4-5-17)21(16)10-18(19)14-2-3-14;/h6-12,14,17H,2-5H2,1H3,(H,26,29);1H. The minimum Gasteiger partial charge on any atom is -0.444 e. The van der Waals surface area contributed by atoms with E-state index in [0.29, 0.717) is 17.9 Å². The van der Waals surface area contributed by atoms with Crippen LogP contribution in [-0.4, -0.2) is 25.7 Å². The number of carbonyl (C=O) groups excluding carboxylic acids is 1. The lowest BCUT2D eigenvalue weighted by Gasteiger charge is -2.11. The van der Waals surface area contributed by atoms with Gasteiger partial charge in [-0.1, -0.05) is 0 Å². The first-order valence-corrected chi connectivity index (χ1v) is 10.4. The number of carbonyl (C=O) groups is 1. The van der Waals surface area contributed by atoms with Gasteiger partial charge in [-0.2, -0.15) is 5.10 Å². The van der Waals surface area contributed by atoms with Crippen molar-refractivity contribution >= 4 is 34.9 Å². The van der Waals surface area contributed by atoms with Crippen LogP contribution in [0, 0.1) is 6.92 Å². The van der Waals surface area contributed by atoms with Gasteiger partial charge in [-0.3, -0.25) is 14.5 Å².